The highest BCUT2D eigenvalue weighted by atomic mass is 16.3. The Morgan fingerprint density at radius 2 is 0.974 bits per heavy atom. The summed E-state index contributed by atoms with van der Waals surface area (Å²) in [7, 11) is 0. The van der Waals surface area contributed by atoms with Crippen LogP contribution in [0, 0.1) is 0 Å². The summed E-state index contributed by atoms with van der Waals surface area (Å²) in [5.41, 5.74) is 0. The number of unbranched alkanes of at least 4 members (excludes halogenated alkanes) is 21. The molecule has 4 heteroatoms. The molecular weight excluding hydrogens is 482 g/mol. The molecule has 0 spiro atoms. The van der Waals surface area contributed by atoms with Gasteiger partial charge in [-0.15, -0.1) is 0 Å². The van der Waals surface area contributed by atoms with E-state index in [4.69, 9.17) is 0 Å². The van der Waals surface area contributed by atoms with Gasteiger partial charge in [-0.05, 0) is 44.9 Å². The van der Waals surface area contributed by atoms with E-state index in [0.29, 0.717) is 6.42 Å². The highest BCUT2D eigenvalue weighted by molar-refractivity contribution is 5.76. The lowest BCUT2D eigenvalue weighted by atomic mass is 10.1. The highest BCUT2D eigenvalue weighted by Crippen LogP contribution is 2.12. The smallest absolute Gasteiger partial charge is 0.220 e. The van der Waals surface area contributed by atoms with Gasteiger partial charge in [-0.2, -0.15) is 0 Å². The van der Waals surface area contributed by atoms with E-state index in [-0.39, 0.29) is 12.5 Å². The molecule has 4 nitrogen and oxygen atoms in total. The van der Waals surface area contributed by atoms with Gasteiger partial charge in [-0.3, -0.25) is 4.79 Å². The molecule has 0 bridgehead atoms. The summed E-state index contributed by atoms with van der Waals surface area (Å²) < 4.78 is 0. The summed E-state index contributed by atoms with van der Waals surface area (Å²) in [6.07, 6.45) is 38.2. The predicted octanol–water partition coefficient (Wildman–Crippen LogP) is 9.73. The van der Waals surface area contributed by atoms with Crippen LogP contribution in [0.15, 0.2) is 24.3 Å². The molecule has 0 radical (unpaired) electrons. The maximum absolute atomic E-state index is 12.3. The zero-order valence-corrected chi connectivity index (χ0v) is 26.2. The van der Waals surface area contributed by atoms with Crippen LogP contribution >= 0.6 is 0 Å². The lowest BCUT2D eigenvalue weighted by Crippen LogP contribution is -2.45. The van der Waals surface area contributed by atoms with E-state index < -0.39 is 12.1 Å². The van der Waals surface area contributed by atoms with Gasteiger partial charge in [0.1, 0.15) is 0 Å². The number of carbonyl (C=O) groups excluding carboxylic acids is 1. The topological polar surface area (TPSA) is 69.6 Å². The van der Waals surface area contributed by atoms with Gasteiger partial charge < -0.3 is 15.5 Å². The van der Waals surface area contributed by atoms with Gasteiger partial charge in [-0.25, -0.2) is 0 Å². The Morgan fingerprint density at radius 1 is 0.590 bits per heavy atom. The molecule has 0 saturated heterocycles. The zero-order valence-electron chi connectivity index (χ0n) is 26.2. The number of amides is 1. The Bertz CT molecular complexity index is 560. The van der Waals surface area contributed by atoms with Crippen LogP contribution in [0.2, 0.25) is 0 Å². The van der Waals surface area contributed by atoms with E-state index in [1.807, 2.05) is 6.08 Å². The van der Waals surface area contributed by atoms with Crippen molar-refractivity contribution in [2.75, 3.05) is 6.61 Å². The summed E-state index contributed by atoms with van der Waals surface area (Å²) in [6.45, 7) is 4.27. The monoisotopic (exact) mass is 550 g/mol. The maximum atomic E-state index is 12.3. The second-order valence-electron chi connectivity index (χ2n) is 11.6. The van der Waals surface area contributed by atoms with Crippen molar-refractivity contribution in [1.29, 1.82) is 0 Å². The van der Waals surface area contributed by atoms with Crippen molar-refractivity contribution < 1.29 is 15.0 Å². The summed E-state index contributed by atoms with van der Waals surface area (Å²) >= 11 is 0. The molecule has 230 valence electrons. The Balaban J connectivity index is 3.66. The molecule has 2 atom stereocenters. The SMILES string of the molecule is CCCCCCCC/C=C\CCCCCCCC(=O)NC(CO)C(O)/C=C/CCCCCCCCCCCC. The Kier molecular flexibility index (Phi) is 30.5. The normalized spacial score (nSPS) is 13.4. The Morgan fingerprint density at radius 3 is 1.41 bits per heavy atom. The Hall–Kier alpha value is -1.13. The number of rotatable bonds is 30. The highest BCUT2D eigenvalue weighted by Gasteiger charge is 2.17. The average Bonchev–Trinajstić information content (AvgIpc) is 2.94. The van der Waals surface area contributed by atoms with Crippen LogP contribution < -0.4 is 5.32 Å². The molecule has 0 aromatic heterocycles. The standard InChI is InChI=1S/C35H67NO3/c1-3-5-7-9-11-13-15-17-18-19-21-23-25-27-29-31-35(39)36-33(32-37)34(38)30-28-26-24-22-20-16-14-12-10-8-6-4-2/h17-18,28,30,33-34,37-38H,3-16,19-27,29,31-32H2,1-2H3,(H,36,39)/b18-17-,30-28+. The van der Waals surface area contributed by atoms with Crippen molar-refractivity contribution in [2.24, 2.45) is 0 Å². The predicted molar refractivity (Wildman–Crippen MR) is 170 cm³/mol. The molecule has 0 saturated carbocycles. The van der Waals surface area contributed by atoms with Gasteiger partial charge in [0, 0.05) is 6.42 Å². The van der Waals surface area contributed by atoms with Crippen molar-refractivity contribution in [3.05, 3.63) is 24.3 Å². The first-order chi connectivity index (χ1) is 19.2. The first kappa shape index (κ1) is 37.9. The number of hydrogen-bond acceptors (Lipinski definition) is 3. The zero-order chi connectivity index (χ0) is 28.7. The first-order valence-corrected chi connectivity index (χ1v) is 17.1. The van der Waals surface area contributed by atoms with Crippen molar-refractivity contribution in [3.8, 4) is 0 Å². The summed E-state index contributed by atoms with van der Waals surface area (Å²) in [4.78, 5) is 12.3. The van der Waals surface area contributed by atoms with Gasteiger partial charge >= 0.3 is 0 Å². The molecule has 2 unspecified atom stereocenters. The fourth-order valence-electron chi connectivity index (χ4n) is 4.99. The molecule has 0 aromatic rings. The van der Waals surface area contributed by atoms with E-state index in [9.17, 15) is 15.0 Å². The van der Waals surface area contributed by atoms with Gasteiger partial charge in [0.25, 0.3) is 0 Å². The number of aliphatic hydroxyl groups is 2. The third-order valence-corrected chi connectivity index (χ3v) is 7.68. The molecule has 39 heavy (non-hydrogen) atoms. The minimum atomic E-state index is -0.837. The summed E-state index contributed by atoms with van der Waals surface area (Å²) in [5, 5.41) is 22.8. The molecule has 0 rings (SSSR count). The van der Waals surface area contributed by atoms with Crippen LogP contribution in [-0.4, -0.2) is 34.9 Å². The van der Waals surface area contributed by atoms with Crippen LogP contribution in [0.25, 0.3) is 0 Å². The number of hydrogen-bond donors (Lipinski definition) is 3. The fraction of sp³-hybridized carbons (Fsp3) is 0.857. The molecular formula is C35H67NO3. The largest absolute Gasteiger partial charge is 0.394 e. The Labute approximate surface area is 243 Å². The van der Waals surface area contributed by atoms with E-state index in [1.165, 1.54) is 122 Å². The molecule has 1 amide bonds. The van der Waals surface area contributed by atoms with Crippen molar-refractivity contribution >= 4 is 5.91 Å². The van der Waals surface area contributed by atoms with Gasteiger partial charge in [0.05, 0.1) is 18.8 Å². The van der Waals surface area contributed by atoms with Gasteiger partial charge in [0.2, 0.25) is 5.91 Å². The molecule has 0 aliphatic carbocycles. The molecule has 0 fully saturated rings. The molecule has 0 aliphatic heterocycles. The van der Waals surface area contributed by atoms with Crippen LogP contribution in [0.4, 0.5) is 0 Å². The number of carbonyl (C=O) groups is 1. The van der Waals surface area contributed by atoms with Crippen molar-refractivity contribution in [2.45, 2.75) is 187 Å². The minimum absolute atomic E-state index is 0.0752. The third-order valence-electron chi connectivity index (χ3n) is 7.68. The minimum Gasteiger partial charge on any atom is -0.394 e. The van der Waals surface area contributed by atoms with E-state index in [0.717, 1.165) is 32.1 Å². The summed E-state index contributed by atoms with van der Waals surface area (Å²) in [6, 6.07) is -0.621. The summed E-state index contributed by atoms with van der Waals surface area (Å²) in [5.74, 6) is -0.0752. The number of aliphatic hydroxyl groups excluding tert-OH is 2. The van der Waals surface area contributed by atoms with Gasteiger partial charge in [0.15, 0.2) is 0 Å². The van der Waals surface area contributed by atoms with Crippen LogP contribution in [0.3, 0.4) is 0 Å². The molecule has 0 aromatic carbocycles. The van der Waals surface area contributed by atoms with E-state index >= 15 is 0 Å². The second-order valence-corrected chi connectivity index (χ2v) is 11.6. The number of allylic oxidation sites excluding steroid dienone is 3. The quantitative estimate of drug-likeness (QED) is 0.0617. The molecule has 3 N–H and O–H groups in total. The second kappa shape index (κ2) is 31.4. The maximum Gasteiger partial charge on any atom is 0.220 e. The van der Waals surface area contributed by atoms with Crippen LogP contribution in [-0.2, 0) is 4.79 Å². The van der Waals surface area contributed by atoms with Gasteiger partial charge in [-0.1, -0.05) is 147 Å². The third kappa shape index (κ3) is 28.2. The van der Waals surface area contributed by atoms with E-state index in [1.54, 1.807) is 6.08 Å². The fourth-order valence-corrected chi connectivity index (χ4v) is 4.99. The lowest BCUT2D eigenvalue weighted by molar-refractivity contribution is -0.123. The van der Waals surface area contributed by atoms with Crippen LogP contribution in [0.5, 0.6) is 0 Å². The van der Waals surface area contributed by atoms with Crippen molar-refractivity contribution in [1.82, 2.24) is 5.32 Å². The van der Waals surface area contributed by atoms with Crippen molar-refractivity contribution in [3.63, 3.8) is 0 Å². The molecule has 0 aliphatic rings. The molecule has 0 heterocycles. The lowest BCUT2D eigenvalue weighted by Gasteiger charge is -2.20. The van der Waals surface area contributed by atoms with Crippen LogP contribution in [0.1, 0.15) is 174 Å². The first-order valence-electron chi connectivity index (χ1n) is 17.1. The number of nitrogens with one attached hydrogen (secondary N) is 1. The van der Waals surface area contributed by atoms with E-state index in [2.05, 4.69) is 31.3 Å². The average molecular weight is 550 g/mol.